The average molecular weight is 254 g/mol. The Morgan fingerprint density at radius 2 is 2.11 bits per heavy atom. The zero-order valence-corrected chi connectivity index (χ0v) is 11.1. The Hall–Kier alpha value is -1.33. The van der Waals surface area contributed by atoms with Gasteiger partial charge in [0, 0.05) is 12.6 Å². The number of nitrogens with two attached hydrogens (primary N) is 1. The molecule has 0 bridgehead atoms. The van der Waals surface area contributed by atoms with Crippen LogP contribution < -0.4 is 5.73 Å². The van der Waals surface area contributed by atoms with Crippen LogP contribution in [0.3, 0.4) is 0 Å². The number of hydrogen-bond donors (Lipinski definition) is 2. The smallest absolute Gasteiger partial charge is 0.289 e. The highest BCUT2D eigenvalue weighted by molar-refractivity contribution is 5.91. The molecule has 1 heterocycles. The van der Waals surface area contributed by atoms with Gasteiger partial charge >= 0.3 is 0 Å². The van der Waals surface area contributed by atoms with Gasteiger partial charge in [0.25, 0.3) is 5.91 Å². The minimum atomic E-state index is -0.183. The molecule has 0 radical (unpaired) electrons. The van der Waals surface area contributed by atoms with Gasteiger partial charge in [-0.05, 0) is 25.0 Å². The van der Waals surface area contributed by atoms with E-state index in [4.69, 9.17) is 15.3 Å². The van der Waals surface area contributed by atoms with E-state index in [0.717, 1.165) is 12.8 Å². The second-order valence-electron chi connectivity index (χ2n) is 4.16. The third-order valence-corrected chi connectivity index (χ3v) is 3.06. The van der Waals surface area contributed by atoms with Gasteiger partial charge in [0.1, 0.15) is 5.76 Å². The third-order valence-electron chi connectivity index (χ3n) is 3.06. The summed E-state index contributed by atoms with van der Waals surface area (Å²) in [5.41, 5.74) is 5.45. The first kappa shape index (κ1) is 14.7. The molecule has 0 atom stereocenters. The number of carbonyl (C=O) groups excluding carboxylic acids is 1. The first-order valence-electron chi connectivity index (χ1n) is 6.38. The fraction of sp³-hybridized carbons (Fsp3) is 0.615. The zero-order chi connectivity index (χ0) is 13.5. The Kier molecular flexibility index (Phi) is 5.88. The van der Waals surface area contributed by atoms with E-state index in [1.165, 1.54) is 0 Å². The number of aliphatic hydroxyl groups is 1. The minimum absolute atomic E-state index is 0.0489. The predicted octanol–water partition coefficient (Wildman–Crippen LogP) is 1.36. The maximum atomic E-state index is 12.3. The second-order valence-corrected chi connectivity index (χ2v) is 4.16. The molecule has 0 spiro atoms. The lowest BCUT2D eigenvalue weighted by molar-refractivity contribution is 0.0588. The number of amides is 1. The number of carbonyl (C=O) groups is 1. The van der Waals surface area contributed by atoms with Gasteiger partial charge in [-0.2, -0.15) is 0 Å². The molecule has 1 amide bonds. The Morgan fingerprint density at radius 1 is 1.44 bits per heavy atom. The zero-order valence-electron chi connectivity index (χ0n) is 11.1. The van der Waals surface area contributed by atoms with Crippen LogP contribution in [-0.4, -0.2) is 35.1 Å². The van der Waals surface area contributed by atoms with Crippen molar-refractivity contribution in [3.63, 3.8) is 0 Å². The van der Waals surface area contributed by atoms with Crippen molar-refractivity contribution in [3.05, 3.63) is 23.7 Å². The van der Waals surface area contributed by atoms with Crippen LogP contribution in [0, 0.1) is 0 Å². The van der Waals surface area contributed by atoms with Crippen molar-refractivity contribution in [2.75, 3.05) is 13.2 Å². The van der Waals surface area contributed by atoms with Gasteiger partial charge in [-0.1, -0.05) is 13.8 Å². The van der Waals surface area contributed by atoms with Gasteiger partial charge in [-0.25, -0.2) is 0 Å². The van der Waals surface area contributed by atoms with Gasteiger partial charge < -0.3 is 20.2 Å². The molecule has 1 rings (SSSR count). The van der Waals surface area contributed by atoms with E-state index < -0.39 is 0 Å². The van der Waals surface area contributed by atoms with Crippen LogP contribution in [-0.2, 0) is 6.54 Å². The van der Waals surface area contributed by atoms with E-state index in [2.05, 4.69) is 0 Å². The number of nitrogens with zero attached hydrogens (tertiary/aromatic N) is 1. The van der Waals surface area contributed by atoms with E-state index in [1.54, 1.807) is 17.0 Å². The fourth-order valence-electron chi connectivity index (χ4n) is 2.03. The first-order chi connectivity index (χ1) is 8.67. The van der Waals surface area contributed by atoms with E-state index in [9.17, 15) is 4.79 Å². The van der Waals surface area contributed by atoms with Gasteiger partial charge in [0.15, 0.2) is 5.76 Å². The Balaban J connectivity index is 2.87. The van der Waals surface area contributed by atoms with Gasteiger partial charge in [0.2, 0.25) is 0 Å². The minimum Gasteiger partial charge on any atom is -0.455 e. The molecule has 0 fully saturated rings. The largest absolute Gasteiger partial charge is 0.455 e. The van der Waals surface area contributed by atoms with Gasteiger partial charge in [-0.15, -0.1) is 0 Å². The molecular weight excluding hydrogens is 232 g/mol. The van der Waals surface area contributed by atoms with Crippen molar-refractivity contribution in [2.45, 2.75) is 39.3 Å². The molecule has 5 nitrogen and oxygen atoms in total. The quantitative estimate of drug-likeness (QED) is 0.770. The number of furan rings is 1. The molecule has 0 unspecified atom stereocenters. The number of hydrogen-bond acceptors (Lipinski definition) is 4. The second kappa shape index (κ2) is 7.18. The molecule has 0 saturated heterocycles. The normalized spacial score (nSPS) is 10.9. The van der Waals surface area contributed by atoms with Crippen LogP contribution in [0.25, 0.3) is 0 Å². The lowest BCUT2D eigenvalue weighted by Gasteiger charge is -2.29. The van der Waals surface area contributed by atoms with Crippen LogP contribution in [0.1, 0.15) is 43.0 Å². The lowest BCUT2D eigenvalue weighted by atomic mass is 10.1. The maximum absolute atomic E-state index is 12.3. The summed E-state index contributed by atoms with van der Waals surface area (Å²) in [6.45, 7) is 4.60. The molecule has 0 aliphatic rings. The fourth-order valence-corrected chi connectivity index (χ4v) is 2.03. The van der Waals surface area contributed by atoms with Gasteiger partial charge in [-0.3, -0.25) is 4.79 Å². The molecule has 0 aliphatic carbocycles. The van der Waals surface area contributed by atoms with Crippen molar-refractivity contribution in [3.8, 4) is 0 Å². The monoisotopic (exact) mass is 254 g/mol. The summed E-state index contributed by atoms with van der Waals surface area (Å²) < 4.78 is 5.36. The molecular formula is C13H22N2O3. The summed E-state index contributed by atoms with van der Waals surface area (Å²) in [4.78, 5) is 14.0. The molecule has 102 valence electrons. The summed E-state index contributed by atoms with van der Waals surface area (Å²) >= 11 is 0. The Labute approximate surface area is 108 Å². The molecule has 1 aromatic heterocycles. The molecule has 1 aromatic rings. The summed E-state index contributed by atoms with van der Waals surface area (Å²) in [5.74, 6) is 0.695. The summed E-state index contributed by atoms with van der Waals surface area (Å²) in [6.07, 6.45) is 1.71. The van der Waals surface area contributed by atoms with Crippen LogP contribution >= 0.6 is 0 Å². The van der Waals surface area contributed by atoms with E-state index >= 15 is 0 Å². The van der Waals surface area contributed by atoms with Crippen LogP contribution in [0.2, 0.25) is 0 Å². The first-order valence-corrected chi connectivity index (χ1v) is 6.38. The standard InChI is InChI=1S/C13H22N2O3/c1-3-10(4-2)15(7-8-16)13(17)12-6-5-11(9-14)18-12/h5-6,10,16H,3-4,7-9,14H2,1-2H3. The lowest BCUT2D eigenvalue weighted by Crippen LogP contribution is -2.41. The van der Waals surface area contributed by atoms with Crippen molar-refractivity contribution in [2.24, 2.45) is 5.73 Å². The van der Waals surface area contributed by atoms with Crippen LogP contribution in [0.15, 0.2) is 16.5 Å². The van der Waals surface area contributed by atoms with Crippen LogP contribution in [0.5, 0.6) is 0 Å². The number of aliphatic hydroxyl groups excluding tert-OH is 1. The molecule has 18 heavy (non-hydrogen) atoms. The summed E-state index contributed by atoms with van der Waals surface area (Å²) in [5, 5.41) is 9.08. The topological polar surface area (TPSA) is 79.7 Å². The van der Waals surface area contributed by atoms with Crippen molar-refractivity contribution >= 4 is 5.91 Å². The Bertz CT molecular complexity index is 372. The summed E-state index contributed by atoms with van der Waals surface area (Å²) in [7, 11) is 0. The van der Waals surface area contributed by atoms with Crippen molar-refractivity contribution < 1.29 is 14.3 Å². The SMILES string of the molecule is CCC(CC)N(CCO)C(=O)c1ccc(CN)o1. The number of rotatable bonds is 7. The third kappa shape index (κ3) is 3.34. The van der Waals surface area contributed by atoms with Crippen LogP contribution in [0.4, 0.5) is 0 Å². The Morgan fingerprint density at radius 3 is 2.56 bits per heavy atom. The molecule has 3 N–H and O–H groups in total. The van der Waals surface area contributed by atoms with E-state index in [1.807, 2.05) is 13.8 Å². The summed E-state index contributed by atoms with van der Waals surface area (Å²) in [6, 6.07) is 3.46. The highest BCUT2D eigenvalue weighted by atomic mass is 16.4. The van der Waals surface area contributed by atoms with Crippen molar-refractivity contribution in [1.82, 2.24) is 4.90 Å². The van der Waals surface area contributed by atoms with E-state index in [0.29, 0.717) is 12.3 Å². The van der Waals surface area contributed by atoms with Gasteiger partial charge in [0.05, 0.1) is 13.2 Å². The van der Waals surface area contributed by atoms with Crippen molar-refractivity contribution in [1.29, 1.82) is 0 Å². The molecule has 0 aromatic carbocycles. The molecule has 0 saturated carbocycles. The molecule has 5 heteroatoms. The molecule has 0 aliphatic heterocycles. The maximum Gasteiger partial charge on any atom is 0.289 e. The predicted molar refractivity (Wildman–Crippen MR) is 69.1 cm³/mol. The highest BCUT2D eigenvalue weighted by Crippen LogP contribution is 2.15. The highest BCUT2D eigenvalue weighted by Gasteiger charge is 2.24. The average Bonchev–Trinajstić information content (AvgIpc) is 2.87. The van der Waals surface area contributed by atoms with E-state index in [-0.39, 0.29) is 30.9 Å².